The Morgan fingerprint density at radius 2 is 2.17 bits per heavy atom. The standard InChI is InChI=1S/C5H3F3N4/c6-5(7,8)3-11-12(3)4-9-1-2-10-4/h1-2H,(H,9,10). The van der Waals surface area contributed by atoms with Crippen molar-refractivity contribution in [1.29, 1.82) is 0 Å². The number of alkyl halides is 3. The Morgan fingerprint density at radius 3 is 2.58 bits per heavy atom. The van der Waals surface area contributed by atoms with E-state index in [9.17, 15) is 13.2 Å². The lowest BCUT2D eigenvalue weighted by Gasteiger charge is -1.99. The van der Waals surface area contributed by atoms with Crippen molar-refractivity contribution in [3.63, 3.8) is 0 Å². The Hall–Kier alpha value is -1.53. The number of amidine groups is 1. The highest BCUT2D eigenvalue weighted by molar-refractivity contribution is 6.10. The number of nitrogens with one attached hydrogen (secondary N) is 1. The molecule has 0 fully saturated rings. The van der Waals surface area contributed by atoms with Crippen LogP contribution in [0.4, 0.5) is 19.1 Å². The van der Waals surface area contributed by atoms with Crippen LogP contribution in [0.15, 0.2) is 17.5 Å². The topological polar surface area (TPSA) is 44.0 Å². The number of hydrogen-bond acceptors (Lipinski definition) is 3. The van der Waals surface area contributed by atoms with Gasteiger partial charge in [0.15, 0.2) is 0 Å². The van der Waals surface area contributed by atoms with Crippen molar-refractivity contribution in [1.82, 2.24) is 9.97 Å². The molecule has 2 rings (SSSR count). The summed E-state index contributed by atoms with van der Waals surface area (Å²) >= 11 is 0. The summed E-state index contributed by atoms with van der Waals surface area (Å²) in [7, 11) is 0. The summed E-state index contributed by atoms with van der Waals surface area (Å²) in [4.78, 5) is 6.10. The molecule has 0 unspecified atom stereocenters. The molecule has 12 heavy (non-hydrogen) atoms. The maximum absolute atomic E-state index is 11.9. The van der Waals surface area contributed by atoms with Crippen LogP contribution in [0.3, 0.4) is 0 Å². The van der Waals surface area contributed by atoms with Gasteiger partial charge in [0.05, 0.1) is 0 Å². The third-order valence-electron chi connectivity index (χ3n) is 1.29. The average molecular weight is 176 g/mol. The second-order valence-corrected chi connectivity index (χ2v) is 2.15. The number of nitrogens with zero attached hydrogens (tertiary/aromatic N) is 3. The Balaban J connectivity index is 2.09. The number of rotatable bonds is 1. The van der Waals surface area contributed by atoms with E-state index in [0.29, 0.717) is 5.01 Å². The number of hydrogen-bond donors (Lipinski definition) is 1. The average Bonchev–Trinajstić information content (AvgIpc) is 2.60. The highest BCUT2D eigenvalue weighted by Crippen LogP contribution is 2.30. The molecule has 0 saturated heterocycles. The largest absolute Gasteiger partial charge is 0.453 e. The van der Waals surface area contributed by atoms with Gasteiger partial charge in [0.25, 0.3) is 5.84 Å². The molecule has 0 spiro atoms. The zero-order valence-corrected chi connectivity index (χ0v) is 5.63. The van der Waals surface area contributed by atoms with E-state index in [-0.39, 0.29) is 5.95 Å². The molecule has 4 nitrogen and oxygen atoms in total. The quantitative estimate of drug-likeness (QED) is 0.696. The van der Waals surface area contributed by atoms with Gasteiger partial charge < -0.3 is 4.98 Å². The van der Waals surface area contributed by atoms with E-state index < -0.39 is 12.0 Å². The van der Waals surface area contributed by atoms with Crippen LogP contribution in [0, 0.1) is 0 Å². The minimum Gasteiger partial charge on any atom is -0.329 e. The van der Waals surface area contributed by atoms with Crippen molar-refractivity contribution in [2.45, 2.75) is 6.18 Å². The number of halogens is 3. The molecular formula is C5H3F3N4. The van der Waals surface area contributed by atoms with Gasteiger partial charge in [-0.3, -0.25) is 0 Å². The third-order valence-corrected chi connectivity index (χ3v) is 1.29. The van der Waals surface area contributed by atoms with Crippen molar-refractivity contribution in [3.05, 3.63) is 12.4 Å². The van der Waals surface area contributed by atoms with Crippen molar-refractivity contribution in [3.8, 4) is 0 Å². The second-order valence-electron chi connectivity index (χ2n) is 2.15. The Bertz CT molecular complexity index is 312. The van der Waals surface area contributed by atoms with E-state index in [1.807, 2.05) is 0 Å². The molecule has 1 aliphatic heterocycles. The first-order chi connectivity index (χ1) is 5.59. The summed E-state index contributed by atoms with van der Waals surface area (Å²) < 4.78 is 35.6. The molecular weight excluding hydrogens is 173 g/mol. The number of imidazole rings is 1. The van der Waals surface area contributed by atoms with Gasteiger partial charge in [0.2, 0.25) is 5.95 Å². The third kappa shape index (κ3) is 1.03. The maximum Gasteiger partial charge on any atom is 0.453 e. The zero-order valence-electron chi connectivity index (χ0n) is 5.63. The molecule has 1 aromatic rings. The number of aromatic nitrogens is 2. The Labute approximate surface area is 64.7 Å². The van der Waals surface area contributed by atoms with Gasteiger partial charge in [0.1, 0.15) is 0 Å². The lowest BCUT2D eigenvalue weighted by atomic mass is 10.6. The first kappa shape index (κ1) is 7.14. The van der Waals surface area contributed by atoms with Crippen LogP contribution in [-0.4, -0.2) is 22.0 Å². The van der Waals surface area contributed by atoms with Gasteiger partial charge in [-0.15, -0.1) is 5.10 Å². The Kier molecular flexibility index (Phi) is 1.18. The summed E-state index contributed by atoms with van der Waals surface area (Å²) in [6.07, 6.45) is -1.60. The molecule has 0 aliphatic carbocycles. The molecule has 0 saturated carbocycles. The minimum atomic E-state index is -4.38. The van der Waals surface area contributed by atoms with Crippen LogP contribution in [0.5, 0.6) is 0 Å². The van der Waals surface area contributed by atoms with Crippen LogP contribution >= 0.6 is 0 Å². The summed E-state index contributed by atoms with van der Waals surface area (Å²) in [5.74, 6) is -0.834. The molecule has 0 amide bonds. The van der Waals surface area contributed by atoms with E-state index >= 15 is 0 Å². The zero-order chi connectivity index (χ0) is 8.77. The molecule has 7 heteroatoms. The number of anilines is 1. The lowest BCUT2D eigenvalue weighted by molar-refractivity contribution is -0.0564. The molecule has 0 atom stereocenters. The van der Waals surface area contributed by atoms with Gasteiger partial charge in [0, 0.05) is 12.4 Å². The predicted octanol–water partition coefficient (Wildman–Crippen LogP) is 1.11. The first-order valence-corrected chi connectivity index (χ1v) is 3.04. The van der Waals surface area contributed by atoms with E-state index in [1.165, 1.54) is 12.4 Å². The molecule has 0 radical (unpaired) electrons. The number of H-pyrrole nitrogens is 1. The van der Waals surface area contributed by atoms with Crippen LogP contribution < -0.4 is 5.01 Å². The first-order valence-electron chi connectivity index (χ1n) is 3.04. The predicted molar refractivity (Wildman–Crippen MR) is 34.6 cm³/mol. The van der Waals surface area contributed by atoms with Gasteiger partial charge >= 0.3 is 6.18 Å². The fourth-order valence-corrected chi connectivity index (χ4v) is 0.770. The van der Waals surface area contributed by atoms with E-state index in [2.05, 4.69) is 15.1 Å². The van der Waals surface area contributed by atoms with Crippen molar-refractivity contribution in [2.24, 2.45) is 5.10 Å². The fraction of sp³-hybridized carbons (Fsp3) is 0.200. The van der Waals surface area contributed by atoms with E-state index in [4.69, 9.17) is 0 Å². The van der Waals surface area contributed by atoms with Gasteiger partial charge in [-0.1, -0.05) is 0 Å². The van der Waals surface area contributed by atoms with Crippen molar-refractivity contribution >= 4 is 11.8 Å². The van der Waals surface area contributed by atoms with Crippen molar-refractivity contribution < 1.29 is 13.2 Å². The van der Waals surface area contributed by atoms with E-state index in [0.717, 1.165) is 0 Å². The van der Waals surface area contributed by atoms with Crippen LogP contribution in [0.25, 0.3) is 0 Å². The highest BCUT2D eigenvalue weighted by atomic mass is 19.4. The van der Waals surface area contributed by atoms with Gasteiger partial charge in [-0.2, -0.15) is 18.2 Å². The normalized spacial score (nSPS) is 16.2. The van der Waals surface area contributed by atoms with E-state index in [1.54, 1.807) is 0 Å². The van der Waals surface area contributed by atoms with Crippen LogP contribution in [0.1, 0.15) is 0 Å². The minimum absolute atomic E-state index is 0.0855. The van der Waals surface area contributed by atoms with Crippen LogP contribution in [-0.2, 0) is 0 Å². The fourth-order valence-electron chi connectivity index (χ4n) is 0.770. The van der Waals surface area contributed by atoms with Crippen molar-refractivity contribution in [2.75, 3.05) is 5.01 Å². The molecule has 2 heterocycles. The molecule has 1 N–H and O–H groups in total. The molecule has 0 bridgehead atoms. The van der Waals surface area contributed by atoms with Gasteiger partial charge in [-0.25, -0.2) is 4.98 Å². The number of hydrazone groups is 1. The second kappa shape index (κ2) is 1.99. The monoisotopic (exact) mass is 176 g/mol. The SMILES string of the molecule is FC(F)(F)C1=NN1c1ncc[nH]1. The summed E-state index contributed by atoms with van der Waals surface area (Å²) in [5.41, 5.74) is 0. The van der Waals surface area contributed by atoms with Crippen LogP contribution in [0.2, 0.25) is 0 Å². The maximum atomic E-state index is 11.9. The molecule has 1 aliphatic rings. The van der Waals surface area contributed by atoms with Gasteiger partial charge in [-0.05, 0) is 0 Å². The summed E-state index contributed by atoms with van der Waals surface area (Å²) in [6, 6.07) is 0. The molecule has 1 aromatic heterocycles. The molecule has 0 aromatic carbocycles. The smallest absolute Gasteiger partial charge is 0.329 e. The summed E-state index contributed by atoms with van der Waals surface area (Å²) in [6.45, 7) is 0. The lowest BCUT2D eigenvalue weighted by Crippen LogP contribution is -2.22. The highest BCUT2D eigenvalue weighted by Gasteiger charge is 2.50. The summed E-state index contributed by atoms with van der Waals surface area (Å²) in [5, 5.41) is 3.81. The molecule has 64 valence electrons. The number of aromatic amines is 1. The Morgan fingerprint density at radius 1 is 1.42 bits per heavy atom.